The Kier molecular flexibility index (Phi) is 3.04. The average molecular weight is 214 g/mol. The normalized spacial score (nSPS) is 21.4. The zero-order valence-corrected chi connectivity index (χ0v) is 8.65. The van der Waals surface area contributed by atoms with Crippen LogP contribution in [0.15, 0.2) is 18.2 Å². The third-order valence-corrected chi connectivity index (χ3v) is 2.98. The summed E-state index contributed by atoms with van der Waals surface area (Å²) in [6.07, 6.45) is 2.13. The highest BCUT2D eigenvalue weighted by atomic mass is 35.5. The smallest absolute Gasteiger partial charge is 0.142 e. The Morgan fingerprint density at radius 3 is 3.00 bits per heavy atom. The Balaban J connectivity index is 2.05. The highest BCUT2D eigenvalue weighted by Gasteiger charge is 2.15. The van der Waals surface area contributed by atoms with Gasteiger partial charge in [0.25, 0.3) is 0 Å². The van der Waals surface area contributed by atoms with E-state index in [0.29, 0.717) is 5.92 Å². The standard InChI is InChI=1S/C11H13ClFN/c12-10-2-1-8(6-11(10)13)5-9-3-4-14-7-9/h1-2,6,9,14H,3-5,7H2. The van der Waals surface area contributed by atoms with Crippen molar-refractivity contribution in [1.29, 1.82) is 0 Å². The van der Waals surface area contributed by atoms with Crippen LogP contribution in [0.3, 0.4) is 0 Å². The minimum Gasteiger partial charge on any atom is -0.316 e. The molecule has 1 aromatic carbocycles. The zero-order chi connectivity index (χ0) is 9.97. The second kappa shape index (κ2) is 4.28. The maximum atomic E-state index is 13.1. The maximum absolute atomic E-state index is 13.1. The van der Waals surface area contributed by atoms with Gasteiger partial charge in [-0.2, -0.15) is 0 Å². The third-order valence-electron chi connectivity index (χ3n) is 2.67. The number of hydrogen-bond acceptors (Lipinski definition) is 1. The molecule has 76 valence electrons. The third kappa shape index (κ3) is 2.25. The van der Waals surface area contributed by atoms with Gasteiger partial charge >= 0.3 is 0 Å². The Bertz CT molecular complexity index is 321. The largest absolute Gasteiger partial charge is 0.316 e. The molecule has 0 bridgehead atoms. The van der Waals surface area contributed by atoms with E-state index in [-0.39, 0.29) is 10.8 Å². The molecule has 0 radical (unpaired) electrons. The highest BCUT2D eigenvalue weighted by Crippen LogP contribution is 2.19. The molecule has 1 heterocycles. The quantitative estimate of drug-likeness (QED) is 0.797. The van der Waals surface area contributed by atoms with Crippen LogP contribution in [-0.4, -0.2) is 13.1 Å². The van der Waals surface area contributed by atoms with Crippen LogP contribution in [0.1, 0.15) is 12.0 Å². The summed E-state index contributed by atoms with van der Waals surface area (Å²) in [5.74, 6) is 0.339. The van der Waals surface area contributed by atoms with Gasteiger partial charge in [-0.1, -0.05) is 17.7 Å². The van der Waals surface area contributed by atoms with Gasteiger partial charge in [0, 0.05) is 0 Å². The number of nitrogens with one attached hydrogen (secondary N) is 1. The first-order valence-corrected chi connectivity index (χ1v) is 5.28. The lowest BCUT2D eigenvalue weighted by atomic mass is 9.99. The predicted octanol–water partition coefficient (Wildman–Crippen LogP) is 2.63. The van der Waals surface area contributed by atoms with Crippen molar-refractivity contribution < 1.29 is 4.39 Å². The van der Waals surface area contributed by atoms with E-state index >= 15 is 0 Å². The minimum absolute atomic E-state index is 0.207. The van der Waals surface area contributed by atoms with Crippen LogP contribution in [0.4, 0.5) is 4.39 Å². The van der Waals surface area contributed by atoms with Crippen molar-refractivity contribution in [2.45, 2.75) is 12.8 Å². The fourth-order valence-electron chi connectivity index (χ4n) is 1.89. The van der Waals surface area contributed by atoms with Gasteiger partial charge in [-0.3, -0.25) is 0 Å². The molecule has 1 unspecified atom stereocenters. The molecular formula is C11H13ClFN. The minimum atomic E-state index is -0.310. The number of halogens is 2. The molecule has 1 aliphatic rings. The first-order valence-electron chi connectivity index (χ1n) is 4.90. The molecule has 0 amide bonds. The maximum Gasteiger partial charge on any atom is 0.142 e. The van der Waals surface area contributed by atoms with E-state index in [0.717, 1.165) is 25.1 Å². The topological polar surface area (TPSA) is 12.0 Å². The summed E-state index contributed by atoms with van der Waals surface area (Å²) in [6.45, 7) is 2.13. The molecule has 1 fully saturated rings. The van der Waals surface area contributed by atoms with Crippen LogP contribution in [-0.2, 0) is 6.42 Å². The van der Waals surface area contributed by atoms with Gasteiger partial charge in [0.1, 0.15) is 5.82 Å². The van der Waals surface area contributed by atoms with Crippen molar-refractivity contribution in [3.63, 3.8) is 0 Å². The first-order chi connectivity index (χ1) is 6.75. The van der Waals surface area contributed by atoms with Crippen molar-refractivity contribution >= 4 is 11.6 Å². The van der Waals surface area contributed by atoms with Crippen LogP contribution >= 0.6 is 11.6 Å². The summed E-state index contributed by atoms with van der Waals surface area (Å²) in [5, 5.41) is 3.51. The van der Waals surface area contributed by atoms with Crippen LogP contribution in [0.2, 0.25) is 5.02 Å². The first kappa shape index (κ1) is 9.94. The summed E-state index contributed by atoms with van der Waals surface area (Å²) < 4.78 is 13.1. The number of hydrogen-bond donors (Lipinski definition) is 1. The Morgan fingerprint density at radius 2 is 2.36 bits per heavy atom. The summed E-state index contributed by atoms with van der Waals surface area (Å²) in [6, 6.07) is 5.08. The van der Waals surface area contributed by atoms with Gasteiger partial charge < -0.3 is 5.32 Å². The van der Waals surface area contributed by atoms with Gasteiger partial charge in [-0.05, 0) is 49.5 Å². The van der Waals surface area contributed by atoms with E-state index in [1.54, 1.807) is 12.1 Å². The zero-order valence-electron chi connectivity index (χ0n) is 7.89. The fraction of sp³-hybridized carbons (Fsp3) is 0.455. The van der Waals surface area contributed by atoms with Crippen molar-refractivity contribution in [2.24, 2.45) is 5.92 Å². The fourth-order valence-corrected chi connectivity index (χ4v) is 2.01. The molecule has 0 saturated carbocycles. The van der Waals surface area contributed by atoms with Crippen LogP contribution in [0, 0.1) is 11.7 Å². The Hall–Kier alpha value is -0.600. The van der Waals surface area contributed by atoms with Crippen molar-refractivity contribution in [2.75, 3.05) is 13.1 Å². The molecule has 1 aromatic rings. The second-order valence-corrected chi connectivity index (χ2v) is 4.22. The number of rotatable bonds is 2. The average Bonchev–Trinajstić information content (AvgIpc) is 2.64. The van der Waals surface area contributed by atoms with E-state index in [9.17, 15) is 4.39 Å². The summed E-state index contributed by atoms with van der Waals surface area (Å²) in [7, 11) is 0. The molecule has 1 saturated heterocycles. The van der Waals surface area contributed by atoms with Crippen LogP contribution in [0.5, 0.6) is 0 Å². The predicted molar refractivity (Wildman–Crippen MR) is 56.1 cm³/mol. The summed E-state index contributed by atoms with van der Waals surface area (Å²) in [4.78, 5) is 0. The van der Waals surface area contributed by atoms with Gasteiger partial charge in [0.2, 0.25) is 0 Å². The van der Waals surface area contributed by atoms with E-state index in [1.807, 2.05) is 6.07 Å². The molecule has 1 atom stereocenters. The SMILES string of the molecule is Fc1cc(CC2CCNC2)ccc1Cl. The van der Waals surface area contributed by atoms with Gasteiger partial charge in [0.15, 0.2) is 0 Å². The summed E-state index contributed by atoms with van der Waals surface area (Å²) >= 11 is 5.61. The highest BCUT2D eigenvalue weighted by molar-refractivity contribution is 6.30. The molecule has 2 rings (SSSR count). The monoisotopic (exact) mass is 213 g/mol. The molecule has 14 heavy (non-hydrogen) atoms. The van der Waals surface area contributed by atoms with Crippen molar-refractivity contribution in [3.8, 4) is 0 Å². The lowest BCUT2D eigenvalue weighted by Crippen LogP contribution is -2.10. The summed E-state index contributed by atoms with van der Waals surface area (Å²) in [5.41, 5.74) is 1.04. The molecule has 0 aromatic heterocycles. The van der Waals surface area contributed by atoms with Crippen LogP contribution < -0.4 is 5.32 Å². The number of benzene rings is 1. The van der Waals surface area contributed by atoms with Crippen molar-refractivity contribution in [1.82, 2.24) is 5.32 Å². The van der Waals surface area contributed by atoms with E-state index in [1.165, 1.54) is 6.42 Å². The lowest BCUT2D eigenvalue weighted by Gasteiger charge is -2.08. The van der Waals surface area contributed by atoms with E-state index in [2.05, 4.69) is 5.32 Å². The van der Waals surface area contributed by atoms with Gasteiger partial charge in [0.05, 0.1) is 5.02 Å². The second-order valence-electron chi connectivity index (χ2n) is 3.81. The molecule has 1 aliphatic heterocycles. The van der Waals surface area contributed by atoms with E-state index in [4.69, 9.17) is 11.6 Å². The Morgan fingerprint density at radius 1 is 1.50 bits per heavy atom. The van der Waals surface area contributed by atoms with Crippen LogP contribution in [0.25, 0.3) is 0 Å². The molecular weight excluding hydrogens is 201 g/mol. The lowest BCUT2D eigenvalue weighted by molar-refractivity contribution is 0.573. The molecule has 3 heteroatoms. The van der Waals surface area contributed by atoms with Gasteiger partial charge in [-0.15, -0.1) is 0 Å². The Labute approximate surface area is 88.3 Å². The van der Waals surface area contributed by atoms with Gasteiger partial charge in [-0.25, -0.2) is 4.39 Å². The molecule has 0 spiro atoms. The molecule has 1 nitrogen and oxygen atoms in total. The van der Waals surface area contributed by atoms with Crippen molar-refractivity contribution in [3.05, 3.63) is 34.6 Å². The molecule has 0 aliphatic carbocycles. The molecule has 1 N–H and O–H groups in total. The van der Waals surface area contributed by atoms with E-state index < -0.39 is 0 Å².